The molecule has 6 heteroatoms. The Morgan fingerprint density at radius 2 is 1.14 bits per heavy atom. The van der Waals surface area contributed by atoms with Crippen molar-refractivity contribution in [2.24, 2.45) is 0 Å². The molecule has 4 unspecified atom stereocenters. The molecule has 0 fully saturated rings. The van der Waals surface area contributed by atoms with Crippen molar-refractivity contribution in [1.29, 1.82) is 0 Å². The van der Waals surface area contributed by atoms with Gasteiger partial charge in [0.25, 0.3) is 0 Å². The van der Waals surface area contributed by atoms with Crippen LogP contribution in [0.5, 0.6) is 0 Å². The summed E-state index contributed by atoms with van der Waals surface area (Å²) in [5.74, 6) is -1.07. The monoisotopic (exact) mass is 212 g/mol. The topological polar surface area (TPSA) is 18.5 Å². The van der Waals surface area contributed by atoms with Crippen LogP contribution in [-0.2, 0) is 9.47 Å². The van der Waals surface area contributed by atoms with Gasteiger partial charge in [-0.1, -0.05) is 0 Å². The molecule has 2 nitrogen and oxygen atoms in total. The molecule has 2 aliphatic rings. The standard InChI is InChI=1S/C8H8F4O2/c9-3-4(10)6(12)8-7(5(3)11)13-1-2-14-8/h3-6H,1-2H2. The van der Waals surface area contributed by atoms with Crippen molar-refractivity contribution in [3.8, 4) is 0 Å². The van der Waals surface area contributed by atoms with Gasteiger partial charge in [0.05, 0.1) is 0 Å². The van der Waals surface area contributed by atoms with E-state index < -0.39 is 36.2 Å². The molecule has 0 aromatic carbocycles. The van der Waals surface area contributed by atoms with Crippen LogP contribution >= 0.6 is 0 Å². The average Bonchev–Trinajstić information content (AvgIpc) is 2.23. The minimum Gasteiger partial charge on any atom is -0.488 e. The van der Waals surface area contributed by atoms with Gasteiger partial charge in [-0.2, -0.15) is 0 Å². The first kappa shape index (κ1) is 9.61. The highest BCUT2D eigenvalue weighted by atomic mass is 19.2. The fraction of sp³-hybridized carbons (Fsp3) is 0.750. The molecule has 2 rings (SSSR count). The van der Waals surface area contributed by atoms with Gasteiger partial charge in [0.15, 0.2) is 36.2 Å². The van der Waals surface area contributed by atoms with Crippen LogP contribution in [0.15, 0.2) is 11.5 Å². The summed E-state index contributed by atoms with van der Waals surface area (Å²) in [6.45, 7) is 0.0469. The molecule has 0 N–H and O–H groups in total. The van der Waals surface area contributed by atoms with Crippen molar-refractivity contribution in [3.63, 3.8) is 0 Å². The molecule has 0 radical (unpaired) electrons. The predicted octanol–water partition coefficient (Wildman–Crippen LogP) is 1.61. The van der Waals surface area contributed by atoms with Gasteiger partial charge >= 0.3 is 0 Å². The third-order valence-electron chi connectivity index (χ3n) is 2.21. The highest BCUT2D eigenvalue weighted by Crippen LogP contribution is 2.36. The van der Waals surface area contributed by atoms with Gasteiger partial charge in [0.1, 0.15) is 13.2 Å². The Morgan fingerprint density at radius 3 is 1.50 bits per heavy atom. The molecule has 0 aromatic rings. The molecule has 0 spiro atoms. The van der Waals surface area contributed by atoms with Crippen LogP contribution in [0, 0.1) is 0 Å². The summed E-state index contributed by atoms with van der Waals surface area (Å²) in [6.07, 6.45) is -9.59. The molecule has 0 aromatic heterocycles. The van der Waals surface area contributed by atoms with Crippen LogP contribution in [0.2, 0.25) is 0 Å². The SMILES string of the molecule is FC1C2=C(OCCO2)C(F)C(F)C1F. The molecule has 1 heterocycles. The van der Waals surface area contributed by atoms with E-state index in [1.165, 1.54) is 0 Å². The Bertz CT molecular complexity index is 242. The lowest BCUT2D eigenvalue weighted by Gasteiger charge is -2.33. The summed E-state index contributed by atoms with van der Waals surface area (Å²) in [7, 11) is 0. The fourth-order valence-corrected chi connectivity index (χ4v) is 1.49. The van der Waals surface area contributed by atoms with Crippen LogP contribution < -0.4 is 0 Å². The van der Waals surface area contributed by atoms with Gasteiger partial charge in [-0.3, -0.25) is 0 Å². The van der Waals surface area contributed by atoms with E-state index in [0.717, 1.165) is 0 Å². The first-order valence-corrected chi connectivity index (χ1v) is 4.19. The molecular weight excluding hydrogens is 204 g/mol. The summed E-state index contributed by atoms with van der Waals surface area (Å²) in [5.41, 5.74) is 0. The quantitative estimate of drug-likeness (QED) is 0.568. The maximum Gasteiger partial charge on any atom is 0.194 e. The van der Waals surface area contributed by atoms with E-state index in [1.807, 2.05) is 0 Å². The first-order valence-electron chi connectivity index (χ1n) is 4.19. The first-order chi connectivity index (χ1) is 6.63. The summed E-state index contributed by atoms with van der Waals surface area (Å²) < 4.78 is 61.3. The predicted molar refractivity (Wildman–Crippen MR) is 38.5 cm³/mol. The summed E-state index contributed by atoms with van der Waals surface area (Å²) in [5, 5.41) is 0. The Balaban J connectivity index is 2.34. The second-order valence-electron chi connectivity index (χ2n) is 3.12. The molecule has 1 aliphatic carbocycles. The van der Waals surface area contributed by atoms with Gasteiger partial charge in [0.2, 0.25) is 0 Å². The normalized spacial score (nSPS) is 42.6. The number of hydrogen-bond donors (Lipinski definition) is 0. The molecule has 0 bridgehead atoms. The minimum absolute atomic E-state index is 0.0235. The zero-order valence-electron chi connectivity index (χ0n) is 7.05. The fourth-order valence-electron chi connectivity index (χ4n) is 1.49. The van der Waals surface area contributed by atoms with Crippen LogP contribution in [-0.4, -0.2) is 37.9 Å². The van der Waals surface area contributed by atoms with E-state index in [1.54, 1.807) is 0 Å². The zero-order chi connectivity index (χ0) is 10.3. The summed E-state index contributed by atoms with van der Waals surface area (Å²) >= 11 is 0. The number of hydrogen-bond acceptors (Lipinski definition) is 2. The van der Waals surface area contributed by atoms with Gasteiger partial charge in [-0.15, -0.1) is 0 Å². The lowest BCUT2D eigenvalue weighted by Crippen LogP contribution is -2.45. The highest BCUT2D eigenvalue weighted by molar-refractivity contribution is 5.22. The van der Waals surface area contributed by atoms with Crippen LogP contribution in [0.4, 0.5) is 17.6 Å². The molecule has 0 saturated carbocycles. The molecule has 14 heavy (non-hydrogen) atoms. The third-order valence-corrected chi connectivity index (χ3v) is 2.21. The second-order valence-corrected chi connectivity index (χ2v) is 3.12. The maximum absolute atomic E-state index is 13.1. The van der Waals surface area contributed by atoms with Crippen molar-refractivity contribution >= 4 is 0 Å². The Hall–Kier alpha value is -0.940. The molecule has 0 saturated heterocycles. The van der Waals surface area contributed by atoms with Gasteiger partial charge < -0.3 is 9.47 Å². The van der Waals surface area contributed by atoms with E-state index >= 15 is 0 Å². The van der Waals surface area contributed by atoms with E-state index in [-0.39, 0.29) is 13.2 Å². The molecule has 1 aliphatic heterocycles. The average molecular weight is 212 g/mol. The lowest BCUT2D eigenvalue weighted by atomic mass is 9.96. The molecular formula is C8H8F4O2. The van der Waals surface area contributed by atoms with Crippen LogP contribution in [0.25, 0.3) is 0 Å². The van der Waals surface area contributed by atoms with E-state index in [9.17, 15) is 17.6 Å². The van der Waals surface area contributed by atoms with Crippen molar-refractivity contribution in [2.45, 2.75) is 24.7 Å². The van der Waals surface area contributed by atoms with E-state index in [2.05, 4.69) is 0 Å². The van der Waals surface area contributed by atoms with Crippen LogP contribution in [0.3, 0.4) is 0 Å². The largest absolute Gasteiger partial charge is 0.488 e. The number of halogens is 4. The Labute approximate surface area is 77.5 Å². The minimum atomic E-state index is -2.52. The van der Waals surface area contributed by atoms with Crippen molar-refractivity contribution in [3.05, 3.63) is 11.5 Å². The Morgan fingerprint density at radius 1 is 0.786 bits per heavy atom. The number of ether oxygens (including phenoxy) is 2. The van der Waals surface area contributed by atoms with E-state index in [4.69, 9.17) is 9.47 Å². The smallest absolute Gasteiger partial charge is 0.194 e. The second kappa shape index (κ2) is 3.33. The summed E-state index contributed by atoms with van der Waals surface area (Å²) in [4.78, 5) is 0. The van der Waals surface area contributed by atoms with Crippen molar-refractivity contribution < 1.29 is 27.0 Å². The Kier molecular flexibility index (Phi) is 2.28. The maximum atomic E-state index is 13.1. The van der Waals surface area contributed by atoms with E-state index in [0.29, 0.717) is 0 Å². The van der Waals surface area contributed by atoms with Gasteiger partial charge in [-0.05, 0) is 0 Å². The number of allylic oxidation sites excluding steroid dienone is 2. The van der Waals surface area contributed by atoms with Gasteiger partial charge in [-0.25, -0.2) is 17.6 Å². The molecule has 0 amide bonds. The van der Waals surface area contributed by atoms with Gasteiger partial charge in [0, 0.05) is 0 Å². The highest BCUT2D eigenvalue weighted by Gasteiger charge is 2.49. The number of rotatable bonds is 0. The third kappa shape index (κ3) is 1.24. The lowest BCUT2D eigenvalue weighted by molar-refractivity contribution is -0.0564. The van der Waals surface area contributed by atoms with Crippen LogP contribution in [0.1, 0.15) is 0 Å². The molecule has 4 atom stereocenters. The van der Waals surface area contributed by atoms with Crippen molar-refractivity contribution in [1.82, 2.24) is 0 Å². The molecule has 80 valence electrons. The summed E-state index contributed by atoms with van der Waals surface area (Å²) in [6, 6.07) is 0. The van der Waals surface area contributed by atoms with Crippen molar-refractivity contribution in [2.75, 3.05) is 13.2 Å². The zero-order valence-corrected chi connectivity index (χ0v) is 7.05. The number of alkyl halides is 4.